The van der Waals surface area contributed by atoms with Gasteiger partial charge in [-0.1, -0.05) is 6.07 Å². The minimum atomic E-state index is -1.23. The monoisotopic (exact) mass is 547 g/mol. The zero-order valence-corrected chi connectivity index (χ0v) is 21.9. The molecule has 1 unspecified atom stereocenters. The van der Waals surface area contributed by atoms with Crippen molar-refractivity contribution in [2.24, 2.45) is 0 Å². The summed E-state index contributed by atoms with van der Waals surface area (Å²) in [6, 6.07) is 8.82. The number of rotatable bonds is 5. The van der Waals surface area contributed by atoms with Crippen LogP contribution in [0.25, 0.3) is 44.3 Å². The number of nitrogens with zero attached hydrogens (tertiary/aromatic N) is 1. The number of hydrogen-bond acceptors (Lipinski definition) is 10. The molecular formula is C29H25NO10. The van der Waals surface area contributed by atoms with E-state index in [2.05, 4.69) is 0 Å². The van der Waals surface area contributed by atoms with Crippen molar-refractivity contribution in [3.8, 4) is 62.6 Å². The predicted octanol–water partition coefficient (Wildman–Crippen LogP) is 4.28. The summed E-state index contributed by atoms with van der Waals surface area (Å²) in [4.78, 5) is 13.5. The number of benzene rings is 3. The molecule has 0 radical (unpaired) electrons. The van der Waals surface area contributed by atoms with Crippen molar-refractivity contribution in [1.82, 2.24) is 4.57 Å². The number of aromatic nitrogens is 1. The van der Waals surface area contributed by atoms with Gasteiger partial charge in [0, 0.05) is 39.9 Å². The Bertz CT molecular complexity index is 1900. The lowest BCUT2D eigenvalue weighted by atomic mass is 9.90. The average molecular weight is 548 g/mol. The van der Waals surface area contributed by atoms with Gasteiger partial charge < -0.3 is 48.4 Å². The van der Waals surface area contributed by atoms with E-state index in [1.165, 1.54) is 57.3 Å². The van der Waals surface area contributed by atoms with Crippen LogP contribution in [-0.4, -0.2) is 53.4 Å². The molecule has 40 heavy (non-hydrogen) atoms. The van der Waals surface area contributed by atoms with Crippen LogP contribution in [0.1, 0.15) is 11.8 Å². The van der Waals surface area contributed by atoms with Crippen LogP contribution in [0.2, 0.25) is 0 Å². The van der Waals surface area contributed by atoms with Crippen molar-refractivity contribution in [2.45, 2.75) is 12.6 Å². The first-order chi connectivity index (χ1) is 19.2. The molecule has 11 heteroatoms. The zero-order chi connectivity index (χ0) is 28.5. The van der Waals surface area contributed by atoms with E-state index in [0.717, 1.165) is 0 Å². The summed E-state index contributed by atoms with van der Waals surface area (Å²) in [6.45, 7) is 0. The fraction of sp³-hybridized carbons (Fsp3) is 0.207. The first-order valence-electron chi connectivity index (χ1n) is 12.2. The van der Waals surface area contributed by atoms with Crippen molar-refractivity contribution in [3.63, 3.8) is 0 Å². The Labute approximate surface area is 226 Å². The summed E-state index contributed by atoms with van der Waals surface area (Å²) < 4.78 is 29.3. The molecule has 0 aliphatic carbocycles. The molecule has 1 atom stereocenters. The Hall–Kier alpha value is -5.03. The Morgan fingerprint density at radius 3 is 2.23 bits per heavy atom. The summed E-state index contributed by atoms with van der Waals surface area (Å²) in [5, 5.41) is 43.2. The maximum absolute atomic E-state index is 13.5. The van der Waals surface area contributed by atoms with Crippen molar-refractivity contribution in [2.75, 3.05) is 28.4 Å². The summed E-state index contributed by atoms with van der Waals surface area (Å²) in [5.74, 6) is 0.261. The van der Waals surface area contributed by atoms with E-state index in [1.54, 1.807) is 12.1 Å². The molecule has 5 aromatic rings. The molecule has 0 saturated carbocycles. The first kappa shape index (κ1) is 25.3. The van der Waals surface area contributed by atoms with Crippen LogP contribution in [0.15, 0.2) is 45.6 Å². The fourth-order valence-electron chi connectivity index (χ4n) is 5.62. The van der Waals surface area contributed by atoms with Crippen LogP contribution in [0.4, 0.5) is 0 Å². The third-order valence-electron chi connectivity index (χ3n) is 7.29. The highest BCUT2D eigenvalue weighted by atomic mass is 16.5. The molecule has 0 spiro atoms. The lowest BCUT2D eigenvalue weighted by molar-refractivity contribution is 0.106. The van der Waals surface area contributed by atoms with Gasteiger partial charge in [0.2, 0.25) is 5.75 Å². The topological polar surface area (TPSA) is 153 Å². The number of ether oxygens (including phenoxy) is 4. The summed E-state index contributed by atoms with van der Waals surface area (Å²) in [7, 11) is 5.84. The summed E-state index contributed by atoms with van der Waals surface area (Å²) in [5.41, 5.74) is 1.88. The number of phenols is 3. The van der Waals surface area contributed by atoms with Gasteiger partial charge in [-0.25, -0.2) is 4.79 Å². The molecular weight excluding hydrogens is 522 g/mol. The van der Waals surface area contributed by atoms with Gasteiger partial charge in [0.1, 0.15) is 17.3 Å². The minimum Gasteiger partial charge on any atom is -0.504 e. The molecule has 3 aromatic carbocycles. The van der Waals surface area contributed by atoms with Crippen LogP contribution < -0.4 is 24.6 Å². The van der Waals surface area contributed by atoms with Gasteiger partial charge in [-0.15, -0.1) is 0 Å². The van der Waals surface area contributed by atoms with E-state index in [-0.39, 0.29) is 40.5 Å². The van der Waals surface area contributed by atoms with Crippen molar-refractivity contribution in [1.29, 1.82) is 0 Å². The van der Waals surface area contributed by atoms with E-state index in [9.17, 15) is 25.2 Å². The molecule has 2 aromatic heterocycles. The van der Waals surface area contributed by atoms with Crippen LogP contribution >= 0.6 is 0 Å². The molecule has 1 aliphatic heterocycles. The maximum atomic E-state index is 13.5. The zero-order valence-electron chi connectivity index (χ0n) is 21.9. The van der Waals surface area contributed by atoms with E-state index in [1.807, 2.05) is 0 Å². The average Bonchev–Trinajstić information content (AvgIpc) is 3.31. The lowest BCUT2D eigenvalue weighted by Crippen LogP contribution is -2.21. The molecule has 1 aliphatic rings. The smallest absolute Gasteiger partial charge is 0.361 e. The Kier molecular flexibility index (Phi) is 5.70. The molecule has 206 valence electrons. The van der Waals surface area contributed by atoms with Gasteiger partial charge in [-0.3, -0.25) is 0 Å². The van der Waals surface area contributed by atoms with E-state index in [0.29, 0.717) is 56.0 Å². The van der Waals surface area contributed by atoms with Crippen LogP contribution in [-0.2, 0) is 6.42 Å². The van der Waals surface area contributed by atoms with Crippen molar-refractivity contribution < 1.29 is 43.8 Å². The highest BCUT2D eigenvalue weighted by molar-refractivity contribution is 6.17. The van der Waals surface area contributed by atoms with Gasteiger partial charge in [-0.2, -0.15) is 0 Å². The third-order valence-corrected chi connectivity index (χ3v) is 7.29. The quantitative estimate of drug-likeness (QED) is 0.185. The van der Waals surface area contributed by atoms with Gasteiger partial charge in [0.15, 0.2) is 34.5 Å². The number of aliphatic hydroxyl groups is 1. The minimum absolute atomic E-state index is 0.0599. The van der Waals surface area contributed by atoms with Gasteiger partial charge in [-0.05, 0) is 29.8 Å². The van der Waals surface area contributed by atoms with E-state index in [4.69, 9.17) is 23.4 Å². The SMILES string of the molecule is COc1cc2c(cc1O)oc(=O)c1c2c(-c2ccc(O)c(O)c2)c2n1C(O)Cc1c-2cc(OC)c(OC)c1OC. The highest BCUT2D eigenvalue weighted by Crippen LogP contribution is 2.54. The highest BCUT2D eigenvalue weighted by Gasteiger charge is 2.36. The molecule has 0 saturated heterocycles. The summed E-state index contributed by atoms with van der Waals surface area (Å²) in [6.07, 6.45) is -1.16. The van der Waals surface area contributed by atoms with Crippen LogP contribution in [0.3, 0.4) is 0 Å². The predicted molar refractivity (Wildman–Crippen MR) is 145 cm³/mol. The standard InChI is InChI=1S/C29H25NO10/c1-36-20-9-15-19(11-18(20)33)40-29(35)26-24(15)23(12-5-6-16(31)17(32)7-12)25-13-8-21(37-2)28(39-4)27(38-3)14(13)10-22(34)30(25)26/h5-9,11,22,31-34H,10H2,1-4H3. The molecule has 4 N–H and O–H groups in total. The van der Waals surface area contributed by atoms with E-state index >= 15 is 0 Å². The first-order valence-corrected chi connectivity index (χ1v) is 12.2. The van der Waals surface area contributed by atoms with E-state index < -0.39 is 11.9 Å². The largest absolute Gasteiger partial charge is 0.504 e. The van der Waals surface area contributed by atoms with Crippen molar-refractivity contribution in [3.05, 3.63) is 52.4 Å². The second-order valence-electron chi connectivity index (χ2n) is 9.29. The number of phenolic OH excluding ortho intramolecular Hbond substituents is 3. The molecule has 6 rings (SSSR count). The number of methoxy groups -OCH3 is 4. The van der Waals surface area contributed by atoms with Gasteiger partial charge >= 0.3 is 5.63 Å². The Morgan fingerprint density at radius 2 is 1.57 bits per heavy atom. The number of hydrogen-bond donors (Lipinski definition) is 4. The van der Waals surface area contributed by atoms with Crippen LogP contribution in [0.5, 0.6) is 40.2 Å². The third kappa shape index (κ3) is 3.37. The van der Waals surface area contributed by atoms with Crippen LogP contribution in [0, 0.1) is 0 Å². The second kappa shape index (κ2) is 9.02. The second-order valence-corrected chi connectivity index (χ2v) is 9.29. The number of aromatic hydroxyl groups is 3. The molecule has 3 heterocycles. The van der Waals surface area contributed by atoms with Crippen molar-refractivity contribution >= 4 is 21.9 Å². The summed E-state index contributed by atoms with van der Waals surface area (Å²) >= 11 is 0. The normalized spacial score (nSPS) is 14.2. The Morgan fingerprint density at radius 1 is 0.850 bits per heavy atom. The Balaban J connectivity index is 1.89. The number of fused-ring (bicyclic) bond motifs is 7. The maximum Gasteiger partial charge on any atom is 0.361 e. The van der Waals surface area contributed by atoms with Gasteiger partial charge in [0.05, 0.1) is 34.1 Å². The molecule has 11 nitrogen and oxygen atoms in total. The molecule has 0 amide bonds. The molecule has 0 fully saturated rings. The van der Waals surface area contributed by atoms with Gasteiger partial charge in [0.25, 0.3) is 0 Å². The lowest BCUT2D eigenvalue weighted by Gasteiger charge is -2.28. The number of aliphatic hydroxyl groups excluding tert-OH is 1. The fourth-order valence-corrected chi connectivity index (χ4v) is 5.62. The molecule has 0 bridgehead atoms.